The molecule has 3 nitrogen and oxygen atoms in total. The molecule has 1 amide bonds. The molecule has 0 unspecified atom stereocenters. The van der Waals surface area contributed by atoms with Gasteiger partial charge in [-0.3, -0.25) is 4.79 Å². The maximum absolute atomic E-state index is 12.8. The molecule has 0 bridgehead atoms. The molecule has 114 valence electrons. The van der Waals surface area contributed by atoms with E-state index in [0.717, 1.165) is 18.5 Å². The van der Waals surface area contributed by atoms with Crippen molar-refractivity contribution in [2.45, 2.75) is 18.3 Å². The molecule has 1 aliphatic carbocycles. The van der Waals surface area contributed by atoms with E-state index in [-0.39, 0.29) is 23.7 Å². The van der Waals surface area contributed by atoms with Gasteiger partial charge in [0, 0.05) is 17.6 Å². The van der Waals surface area contributed by atoms with Crippen LogP contribution in [-0.2, 0) is 10.2 Å². The summed E-state index contributed by atoms with van der Waals surface area (Å²) in [7, 11) is 0. The summed E-state index contributed by atoms with van der Waals surface area (Å²) < 4.78 is 12.8. The summed E-state index contributed by atoms with van der Waals surface area (Å²) >= 11 is 0. The Labute approximate surface area is 129 Å². The van der Waals surface area contributed by atoms with Crippen molar-refractivity contribution in [1.82, 2.24) is 5.32 Å². The van der Waals surface area contributed by atoms with E-state index in [9.17, 15) is 9.18 Å². The molecule has 2 aromatic carbocycles. The zero-order chi connectivity index (χ0) is 15.4. The second-order valence-electron chi connectivity index (χ2n) is 5.78. The van der Waals surface area contributed by atoms with Crippen molar-refractivity contribution in [1.29, 1.82) is 0 Å². The number of carbonyl (C=O) groups excluding carboxylic acids is 1. The van der Waals surface area contributed by atoms with Gasteiger partial charge in [-0.2, -0.15) is 0 Å². The lowest BCUT2D eigenvalue weighted by Gasteiger charge is -2.17. The fourth-order valence-corrected chi connectivity index (χ4v) is 2.59. The molecule has 4 heteroatoms. The molecule has 0 radical (unpaired) electrons. The quantitative estimate of drug-likeness (QED) is 0.860. The molecule has 3 rings (SSSR count). The van der Waals surface area contributed by atoms with Crippen LogP contribution in [0.5, 0.6) is 0 Å². The lowest BCUT2D eigenvalue weighted by Crippen LogP contribution is -2.35. The lowest BCUT2D eigenvalue weighted by atomic mass is 9.96. The average molecular weight is 298 g/mol. The first kappa shape index (κ1) is 14.6. The molecule has 2 aromatic rings. The Balaban J connectivity index is 1.48. The average Bonchev–Trinajstić information content (AvgIpc) is 3.34. The highest BCUT2D eigenvalue weighted by molar-refractivity contribution is 5.80. The normalized spacial score (nSPS) is 15.1. The van der Waals surface area contributed by atoms with Crippen LogP contribution >= 0.6 is 0 Å². The van der Waals surface area contributed by atoms with E-state index >= 15 is 0 Å². The predicted octanol–water partition coefficient (Wildman–Crippen LogP) is 3.09. The maximum Gasteiger partial charge on any atom is 0.239 e. The number of benzene rings is 2. The Kier molecular flexibility index (Phi) is 4.09. The summed E-state index contributed by atoms with van der Waals surface area (Å²) in [6.45, 7) is 0.859. The zero-order valence-electron chi connectivity index (χ0n) is 12.3. The van der Waals surface area contributed by atoms with Gasteiger partial charge in [0.25, 0.3) is 0 Å². The molecule has 22 heavy (non-hydrogen) atoms. The highest BCUT2D eigenvalue weighted by atomic mass is 19.1. The zero-order valence-corrected chi connectivity index (χ0v) is 12.3. The molecule has 1 aliphatic rings. The van der Waals surface area contributed by atoms with Crippen LogP contribution in [0, 0.1) is 5.82 Å². The number of anilines is 1. The molecule has 0 aromatic heterocycles. The first-order valence-corrected chi connectivity index (χ1v) is 7.50. The van der Waals surface area contributed by atoms with E-state index in [0.29, 0.717) is 6.54 Å². The van der Waals surface area contributed by atoms with Crippen molar-refractivity contribution in [2.24, 2.45) is 0 Å². The van der Waals surface area contributed by atoms with E-state index in [1.165, 1.54) is 17.7 Å². The number of hydrogen-bond acceptors (Lipinski definition) is 2. The fraction of sp³-hybridized carbons (Fsp3) is 0.278. The van der Waals surface area contributed by atoms with Crippen molar-refractivity contribution in [3.63, 3.8) is 0 Å². The van der Waals surface area contributed by atoms with Crippen molar-refractivity contribution < 1.29 is 9.18 Å². The Morgan fingerprint density at radius 3 is 2.36 bits per heavy atom. The SMILES string of the molecule is O=C(CNc1ccc(F)cc1)NCC1(c2ccccc2)CC1. The van der Waals surface area contributed by atoms with Crippen LogP contribution in [0.1, 0.15) is 18.4 Å². The Hall–Kier alpha value is -2.36. The van der Waals surface area contributed by atoms with Gasteiger partial charge in [-0.1, -0.05) is 30.3 Å². The smallest absolute Gasteiger partial charge is 0.239 e. The van der Waals surface area contributed by atoms with Crippen LogP contribution in [0.2, 0.25) is 0 Å². The molecule has 1 saturated carbocycles. The molecular formula is C18H19FN2O. The van der Waals surface area contributed by atoms with Crippen LogP contribution in [0.25, 0.3) is 0 Å². The molecule has 0 aliphatic heterocycles. The summed E-state index contributed by atoms with van der Waals surface area (Å²) in [5.74, 6) is -0.333. The minimum Gasteiger partial charge on any atom is -0.376 e. The summed E-state index contributed by atoms with van der Waals surface area (Å²) in [5.41, 5.74) is 2.15. The van der Waals surface area contributed by atoms with Gasteiger partial charge in [-0.05, 0) is 42.7 Å². The van der Waals surface area contributed by atoms with Crippen molar-refractivity contribution in [3.8, 4) is 0 Å². The van der Waals surface area contributed by atoms with Crippen molar-refractivity contribution in [2.75, 3.05) is 18.4 Å². The third-order valence-electron chi connectivity index (χ3n) is 4.16. The standard InChI is InChI=1S/C18H19FN2O/c19-15-6-8-16(9-7-15)20-12-17(22)21-13-18(10-11-18)14-4-2-1-3-5-14/h1-9,20H,10-13H2,(H,21,22). The van der Waals surface area contributed by atoms with E-state index in [1.54, 1.807) is 12.1 Å². The molecule has 2 N–H and O–H groups in total. The highest BCUT2D eigenvalue weighted by Crippen LogP contribution is 2.47. The van der Waals surface area contributed by atoms with Crippen LogP contribution < -0.4 is 10.6 Å². The van der Waals surface area contributed by atoms with E-state index in [4.69, 9.17) is 0 Å². The molecule has 0 saturated heterocycles. The monoisotopic (exact) mass is 298 g/mol. The van der Waals surface area contributed by atoms with Crippen LogP contribution in [0.4, 0.5) is 10.1 Å². The van der Waals surface area contributed by atoms with Crippen LogP contribution in [0.3, 0.4) is 0 Å². The largest absolute Gasteiger partial charge is 0.376 e. The molecule has 0 heterocycles. The van der Waals surface area contributed by atoms with Gasteiger partial charge >= 0.3 is 0 Å². The van der Waals surface area contributed by atoms with Crippen molar-refractivity contribution >= 4 is 11.6 Å². The summed E-state index contributed by atoms with van der Waals surface area (Å²) in [4.78, 5) is 11.9. The maximum atomic E-state index is 12.8. The fourth-order valence-electron chi connectivity index (χ4n) is 2.59. The van der Waals surface area contributed by atoms with Gasteiger partial charge in [0.05, 0.1) is 6.54 Å². The number of hydrogen-bond donors (Lipinski definition) is 2. The minimum absolute atomic E-state index is 0.0495. The Morgan fingerprint density at radius 2 is 1.73 bits per heavy atom. The van der Waals surface area contributed by atoms with E-state index < -0.39 is 0 Å². The number of rotatable bonds is 6. The summed E-state index contributed by atoms with van der Waals surface area (Å²) in [5, 5.41) is 5.98. The minimum atomic E-state index is -0.284. The van der Waals surface area contributed by atoms with Gasteiger partial charge in [-0.15, -0.1) is 0 Å². The summed E-state index contributed by atoms with van der Waals surface area (Å²) in [6, 6.07) is 16.3. The Morgan fingerprint density at radius 1 is 1.05 bits per heavy atom. The van der Waals surface area contributed by atoms with Gasteiger partial charge < -0.3 is 10.6 Å². The van der Waals surface area contributed by atoms with E-state index in [1.807, 2.05) is 18.2 Å². The molecule has 0 spiro atoms. The molecule has 0 atom stereocenters. The third kappa shape index (κ3) is 3.45. The number of carbonyl (C=O) groups is 1. The van der Waals surface area contributed by atoms with E-state index in [2.05, 4.69) is 22.8 Å². The summed E-state index contributed by atoms with van der Waals surface area (Å²) in [6.07, 6.45) is 2.23. The van der Waals surface area contributed by atoms with Gasteiger partial charge in [0.15, 0.2) is 0 Å². The molecular weight excluding hydrogens is 279 g/mol. The first-order valence-electron chi connectivity index (χ1n) is 7.50. The van der Waals surface area contributed by atoms with Crippen LogP contribution in [-0.4, -0.2) is 19.0 Å². The first-order chi connectivity index (χ1) is 10.7. The topological polar surface area (TPSA) is 41.1 Å². The third-order valence-corrected chi connectivity index (χ3v) is 4.16. The second-order valence-corrected chi connectivity index (χ2v) is 5.78. The number of amides is 1. The van der Waals surface area contributed by atoms with Gasteiger partial charge in [0.2, 0.25) is 5.91 Å². The molecule has 1 fully saturated rings. The Bertz CT molecular complexity index is 636. The van der Waals surface area contributed by atoms with Crippen molar-refractivity contribution in [3.05, 3.63) is 66.0 Å². The number of halogens is 1. The van der Waals surface area contributed by atoms with Gasteiger partial charge in [0.1, 0.15) is 5.82 Å². The predicted molar refractivity (Wildman–Crippen MR) is 85.3 cm³/mol. The second kappa shape index (κ2) is 6.18. The highest BCUT2D eigenvalue weighted by Gasteiger charge is 2.44. The number of nitrogens with one attached hydrogen (secondary N) is 2. The van der Waals surface area contributed by atoms with Crippen LogP contribution in [0.15, 0.2) is 54.6 Å². The van der Waals surface area contributed by atoms with Gasteiger partial charge in [-0.25, -0.2) is 4.39 Å². The lowest BCUT2D eigenvalue weighted by molar-refractivity contribution is -0.119.